The van der Waals surface area contributed by atoms with E-state index in [9.17, 15) is 9.59 Å². The van der Waals surface area contributed by atoms with E-state index in [0.717, 1.165) is 12.0 Å². The summed E-state index contributed by atoms with van der Waals surface area (Å²) in [4.78, 5) is 26.8. The van der Waals surface area contributed by atoms with Crippen LogP contribution in [0.1, 0.15) is 35.7 Å². The first-order valence-corrected chi connectivity index (χ1v) is 9.12. The fraction of sp³-hybridized carbons (Fsp3) is 0.333. The Balaban J connectivity index is 1.91. The number of benzene rings is 2. The van der Waals surface area contributed by atoms with Crippen molar-refractivity contribution in [3.63, 3.8) is 0 Å². The zero-order chi connectivity index (χ0) is 19.2. The highest BCUT2D eigenvalue weighted by molar-refractivity contribution is 5.98. The van der Waals surface area contributed by atoms with Crippen LogP contribution in [-0.2, 0) is 11.2 Å². The second kappa shape index (κ2) is 8.58. The number of nitrogens with zero attached hydrogens (tertiary/aromatic N) is 1. The molecule has 0 bridgehead atoms. The van der Waals surface area contributed by atoms with Gasteiger partial charge in [0.15, 0.2) is 11.5 Å². The molecule has 1 aliphatic heterocycles. The van der Waals surface area contributed by atoms with Crippen LogP contribution in [0.5, 0.6) is 11.5 Å². The van der Waals surface area contributed by atoms with Crippen molar-refractivity contribution in [1.29, 1.82) is 0 Å². The van der Waals surface area contributed by atoms with E-state index < -0.39 is 5.91 Å². The number of rotatable bonds is 8. The molecule has 6 heteroatoms. The number of primary amides is 1. The summed E-state index contributed by atoms with van der Waals surface area (Å²) in [7, 11) is 0. The minimum atomic E-state index is -0.428. The van der Waals surface area contributed by atoms with Crippen LogP contribution < -0.4 is 15.2 Å². The van der Waals surface area contributed by atoms with Gasteiger partial charge in [-0.1, -0.05) is 43.3 Å². The van der Waals surface area contributed by atoms with Crippen LogP contribution in [0.15, 0.2) is 48.5 Å². The van der Waals surface area contributed by atoms with Gasteiger partial charge in [0.25, 0.3) is 5.91 Å². The van der Waals surface area contributed by atoms with Crippen LogP contribution in [0.4, 0.5) is 0 Å². The molecule has 0 saturated carbocycles. The Labute approximate surface area is 158 Å². The van der Waals surface area contributed by atoms with E-state index in [4.69, 9.17) is 15.2 Å². The highest BCUT2D eigenvalue weighted by Gasteiger charge is 2.30. The monoisotopic (exact) mass is 368 g/mol. The predicted octanol–water partition coefficient (Wildman–Crippen LogP) is 2.75. The van der Waals surface area contributed by atoms with Crippen LogP contribution in [0, 0.1) is 0 Å². The van der Waals surface area contributed by atoms with Gasteiger partial charge >= 0.3 is 0 Å². The number of amides is 2. The van der Waals surface area contributed by atoms with Gasteiger partial charge < -0.3 is 20.1 Å². The van der Waals surface area contributed by atoms with Crippen LogP contribution in [0.25, 0.3) is 0 Å². The Bertz CT molecular complexity index is 807. The molecule has 1 atom stereocenters. The van der Waals surface area contributed by atoms with Crippen molar-refractivity contribution in [1.82, 2.24) is 4.90 Å². The van der Waals surface area contributed by atoms with E-state index in [1.807, 2.05) is 37.3 Å². The number of nitrogens with two attached hydrogens (primary N) is 1. The van der Waals surface area contributed by atoms with Crippen molar-refractivity contribution in [3.05, 3.63) is 59.7 Å². The lowest BCUT2D eigenvalue weighted by atomic mass is 9.99. The van der Waals surface area contributed by atoms with Gasteiger partial charge in [-0.15, -0.1) is 0 Å². The maximum Gasteiger partial charge on any atom is 0.258 e. The maximum atomic E-state index is 13.3. The summed E-state index contributed by atoms with van der Waals surface area (Å²) in [6.07, 6.45) is 1.43. The minimum Gasteiger partial charge on any atom is -0.454 e. The summed E-state index contributed by atoms with van der Waals surface area (Å²) in [5.41, 5.74) is 6.99. The highest BCUT2D eigenvalue weighted by atomic mass is 16.7. The Morgan fingerprint density at radius 3 is 2.59 bits per heavy atom. The van der Waals surface area contributed by atoms with E-state index in [1.54, 1.807) is 23.1 Å². The van der Waals surface area contributed by atoms with E-state index in [1.165, 1.54) is 0 Å². The van der Waals surface area contributed by atoms with Gasteiger partial charge in [-0.3, -0.25) is 9.59 Å². The Kier molecular flexibility index (Phi) is 5.96. The molecule has 2 aromatic carbocycles. The number of hydrogen-bond acceptors (Lipinski definition) is 4. The summed E-state index contributed by atoms with van der Waals surface area (Å²) >= 11 is 0. The Morgan fingerprint density at radius 1 is 1.11 bits per heavy atom. The third kappa shape index (κ3) is 4.39. The average molecular weight is 368 g/mol. The molecule has 6 nitrogen and oxygen atoms in total. The van der Waals surface area contributed by atoms with Crippen LogP contribution in [0.2, 0.25) is 0 Å². The van der Waals surface area contributed by atoms with Gasteiger partial charge in [-0.25, -0.2) is 0 Å². The molecular weight excluding hydrogens is 344 g/mol. The van der Waals surface area contributed by atoms with Crippen molar-refractivity contribution < 1.29 is 19.1 Å². The van der Waals surface area contributed by atoms with Gasteiger partial charge in [-0.2, -0.15) is 0 Å². The quantitative estimate of drug-likeness (QED) is 0.777. The number of ether oxygens (including phenoxy) is 2. The molecule has 2 aromatic rings. The van der Waals surface area contributed by atoms with Crippen molar-refractivity contribution >= 4 is 11.8 Å². The number of carbonyl (C=O) groups is 2. The Morgan fingerprint density at radius 2 is 1.89 bits per heavy atom. The summed E-state index contributed by atoms with van der Waals surface area (Å²) in [6, 6.07) is 14.7. The van der Waals surface area contributed by atoms with E-state index in [-0.39, 0.29) is 25.2 Å². The van der Waals surface area contributed by atoms with Crippen LogP contribution in [-0.4, -0.2) is 36.1 Å². The van der Waals surface area contributed by atoms with Gasteiger partial charge in [0.05, 0.1) is 5.56 Å². The third-order valence-corrected chi connectivity index (χ3v) is 4.54. The zero-order valence-electron chi connectivity index (χ0n) is 15.4. The van der Waals surface area contributed by atoms with Crippen molar-refractivity contribution in [2.45, 2.75) is 32.2 Å². The van der Waals surface area contributed by atoms with Crippen LogP contribution >= 0.6 is 0 Å². The molecule has 27 heavy (non-hydrogen) atoms. The summed E-state index contributed by atoms with van der Waals surface area (Å²) in [5, 5.41) is 0. The SMILES string of the molecule is CCCN(C(=O)c1cccc2c1OCO2)[C@H](CC(N)=O)Cc1ccccc1. The minimum absolute atomic E-state index is 0.0993. The molecule has 0 aromatic heterocycles. The molecule has 142 valence electrons. The molecule has 0 spiro atoms. The van der Waals surface area contributed by atoms with Crippen LogP contribution in [0.3, 0.4) is 0 Å². The third-order valence-electron chi connectivity index (χ3n) is 4.54. The average Bonchev–Trinajstić information content (AvgIpc) is 3.14. The van der Waals surface area contributed by atoms with E-state index in [2.05, 4.69) is 0 Å². The molecule has 2 amide bonds. The summed E-state index contributed by atoms with van der Waals surface area (Å²) in [5.74, 6) is 0.414. The predicted molar refractivity (Wildman–Crippen MR) is 102 cm³/mol. The summed E-state index contributed by atoms with van der Waals surface area (Å²) in [6.45, 7) is 2.62. The molecule has 0 radical (unpaired) electrons. The van der Waals surface area contributed by atoms with Crippen molar-refractivity contribution in [3.8, 4) is 11.5 Å². The van der Waals surface area contributed by atoms with Gasteiger partial charge in [0.1, 0.15) is 0 Å². The standard InChI is InChI=1S/C21H24N2O4/c1-2-11-23(16(13-19(22)24)12-15-7-4-3-5-8-15)21(25)17-9-6-10-18-20(17)27-14-26-18/h3-10,16H,2,11-14H2,1H3,(H2,22,24)/t16-/m0/s1. The molecule has 0 saturated heterocycles. The van der Waals surface area contributed by atoms with E-state index in [0.29, 0.717) is 30.0 Å². The van der Waals surface area contributed by atoms with Crippen molar-refractivity contribution in [2.75, 3.05) is 13.3 Å². The van der Waals surface area contributed by atoms with Crippen molar-refractivity contribution in [2.24, 2.45) is 5.73 Å². The first-order valence-electron chi connectivity index (χ1n) is 9.12. The molecule has 1 heterocycles. The zero-order valence-corrected chi connectivity index (χ0v) is 15.4. The molecule has 0 aliphatic carbocycles. The van der Waals surface area contributed by atoms with Gasteiger partial charge in [0.2, 0.25) is 12.7 Å². The first-order chi connectivity index (χ1) is 13.1. The molecule has 0 fully saturated rings. The Hall–Kier alpha value is -3.02. The molecule has 3 rings (SSSR count). The topological polar surface area (TPSA) is 81.9 Å². The fourth-order valence-corrected chi connectivity index (χ4v) is 3.36. The maximum absolute atomic E-state index is 13.3. The second-order valence-electron chi connectivity index (χ2n) is 6.55. The summed E-state index contributed by atoms with van der Waals surface area (Å²) < 4.78 is 10.9. The lowest BCUT2D eigenvalue weighted by Gasteiger charge is -2.31. The molecule has 0 unspecified atom stereocenters. The van der Waals surface area contributed by atoms with E-state index >= 15 is 0 Å². The van der Waals surface area contributed by atoms with Gasteiger partial charge in [-0.05, 0) is 30.5 Å². The molecule has 2 N–H and O–H groups in total. The number of fused-ring (bicyclic) bond motifs is 1. The lowest BCUT2D eigenvalue weighted by Crippen LogP contribution is -2.44. The number of carbonyl (C=O) groups excluding carboxylic acids is 2. The first kappa shape index (κ1) is 18.8. The molecule has 1 aliphatic rings. The fourth-order valence-electron chi connectivity index (χ4n) is 3.36. The smallest absolute Gasteiger partial charge is 0.258 e. The second-order valence-corrected chi connectivity index (χ2v) is 6.55. The highest BCUT2D eigenvalue weighted by Crippen LogP contribution is 2.36. The normalized spacial score (nSPS) is 13.2. The number of para-hydroxylation sites is 1. The van der Waals surface area contributed by atoms with Gasteiger partial charge in [0, 0.05) is 19.0 Å². The molecular formula is C21H24N2O4. The lowest BCUT2D eigenvalue weighted by molar-refractivity contribution is -0.119. The largest absolute Gasteiger partial charge is 0.454 e. The number of hydrogen-bond donors (Lipinski definition) is 1.